The fraction of sp³-hybridized carbons (Fsp3) is 0.115. The Kier molecular flexibility index (Phi) is 7.95. The number of amides is 3. The normalized spacial score (nSPS) is 14.5. The van der Waals surface area contributed by atoms with Gasteiger partial charge in [0.1, 0.15) is 18.9 Å². The zero-order valence-corrected chi connectivity index (χ0v) is 21.7. The molecule has 3 aromatic carbocycles. The van der Waals surface area contributed by atoms with E-state index in [9.17, 15) is 14.4 Å². The third-order valence-electron chi connectivity index (χ3n) is 5.19. The van der Waals surface area contributed by atoms with Crippen molar-refractivity contribution in [3.05, 3.63) is 97.8 Å². The standard InChI is InChI=1S/C26H20BrClN2O4S/c1-16-6-2-5-9-21(16)29-24(31)14-30-25(32)23(35-26(30)33)13-18-12-19(27)10-11-22(18)34-15-17-7-3-4-8-20(17)28/h2-13H,14-15H2,1H3,(H,29,31)/b23-13+. The Morgan fingerprint density at radius 1 is 1.11 bits per heavy atom. The van der Waals surface area contributed by atoms with Crippen LogP contribution in [-0.4, -0.2) is 28.5 Å². The van der Waals surface area contributed by atoms with Crippen LogP contribution in [0.5, 0.6) is 5.75 Å². The Labute approximate surface area is 220 Å². The van der Waals surface area contributed by atoms with E-state index in [0.717, 1.165) is 32.3 Å². The summed E-state index contributed by atoms with van der Waals surface area (Å²) in [4.78, 5) is 39.1. The lowest BCUT2D eigenvalue weighted by molar-refractivity contribution is -0.127. The highest BCUT2D eigenvalue weighted by Crippen LogP contribution is 2.35. The molecule has 3 amide bonds. The number of para-hydroxylation sites is 1. The van der Waals surface area contributed by atoms with Crippen LogP contribution in [0.2, 0.25) is 5.02 Å². The van der Waals surface area contributed by atoms with E-state index >= 15 is 0 Å². The summed E-state index contributed by atoms with van der Waals surface area (Å²) in [6.07, 6.45) is 1.59. The molecule has 0 spiro atoms. The van der Waals surface area contributed by atoms with Gasteiger partial charge in [0.15, 0.2) is 0 Å². The van der Waals surface area contributed by atoms with Gasteiger partial charge >= 0.3 is 0 Å². The Hall–Kier alpha value is -3.07. The first-order valence-corrected chi connectivity index (χ1v) is 12.6. The number of halogens is 2. The van der Waals surface area contributed by atoms with Crippen molar-refractivity contribution in [1.29, 1.82) is 0 Å². The maximum atomic E-state index is 13.0. The highest BCUT2D eigenvalue weighted by Gasteiger charge is 2.36. The zero-order valence-electron chi connectivity index (χ0n) is 18.6. The van der Waals surface area contributed by atoms with Crippen LogP contribution in [0.4, 0.5) is 10.5 Å². The molecule has 1 aliphatic rings. The number of nitrogens with one attached hydrogen (secondary N) is 1. The van der Waals surface area contributed by atoms with Gasteiger partial charge in [0.2, 0.25) is 5.91 Å². The van der Waals surface area contributed by atoms with Gasteiger partial charge in [0, 0.05) is 26.3 Å². The van der Waals surface area contributed by atoms with Crippen LogP contribution in [-0.2, 0) is 16.2 Å². The first-order valence-electron chi connectivity index (χ1n) is 10.6. The predicted octanol–water partition coefficient (Wildman–Crippen LogP) is 6.66. The molecule has 0 radical (unpaired) electrons. The lowest BCUT2D eigenvalue weighted by Gasteiger charge is -2.13. The quantitative estimate of drug-likeness (QED) is 0.321. The molecule has 0 bridgehead atoms. The number of anilines is 1. The number of benzene rings is 3. The molecule has 0 unspecified atom stereocenters. The van der Waals surface area contributed by atoms with E-state index in [1.165, 1.54) is 0 Å². The number of thioether (sulfide) groups is 1. The number of rotatable bonds is 7. The summed E-state index contributed by atoms with van der Waals surface area (Å²) in [5.41, 5.74) is 2.95. The highest BCUT2D eigenvalue weighted by atomic mass is 79.9. The van der Waals surface area contributed by atoms with Crippen LogP contribution < -0.4 is 10.1 Å². The average Bonchev–Trinajstić information content (AvgIpc) is 3.08. The molecule has 1 saturated heterocycles. The maximum Gasteiger partial charge on any atom is 0.294 e. The van der Waals surface area contributed by atoms with E-state index in [4.69, 9.17) is 16.3 Å². The second-order valence-electron chi connectivity index (χ2n) is 7.69. The second-order valence-corrected chi connectivity index (χ2v) is 10.0. The zero-order chi connectivity index (χ0) is 24.9. The van der Waals surface area contributed by atoms with Crippen LogP contribution in [0.25, 0.3) is 6.08 Å². The van der Waals surface area contributed by atoms with Crippen LogP contribution in [0.15, 0.2) is 76.1 Å². The first-order chi connectivity index (χ1) is 16.8. The third-order valence-corrected chi connectivity index (χ3v) is 6.96. The predicted molar refractivity (Wildman–Crippen MR) is 142 cm³/mol. The van der Waals surface area contributed by atoms with Crippen molar-refractivity contribution in [2.75, 3.05) is 11.9 Å². The largest absolute Gasteiger partial charge is 0.488 e. The van der Waals surface area contributed by atoms with Gasteiger partial charge < -0.3 is 10.1 Å². The summed E-state index contributed by atoms with van der Waals surface area (Å²) in [6, 6.07) is 20.0. The van der Waals surface area contributed by atoms with Crippen molar-refractivity contribution >= 4 is 68.1 Å². The number of carbonyl (C=O) groups excluding carboxylic acids is 3. The lowest BCUT2D eigenvalue weighted by atomic mass is 10.1. The molecule has 0 aliphatic carbocycles. The van der Waals surface area contributed by atoms with Gasteiger partial charge in [0.25, 0.3) is 11.1 Å². The molecule has 1 N–H and O–H groups in total. The van der Waals surface area contributed by atoms with E-state index < -0.39 is 17.1 Å². The molecule has 1 fully saturated rings. The van der Waals surface area contributed by atoms with Crippen molar-refractivity contribution in [3.63, 3.8) is 0 Å². The van der Waals surface area contributed by atoms with Crippen molar-refractivity contribution in [1.82, 2.24) is 4.90 Å². The van der Waals surface area contributed by atoms with Gasteiger partial charge in [-0.15, -0.1) is 0 Å². The SMILES string of the molecule is Cc1ccccc1NC(=O)CN1C(=O)S/C(=C/c2cc(Br)ccc2OCc2ccccc2Cl)C1=O. The van der Waals surface area contributed by atoms with Gasteiger partial charge in [-0.2, -0.15) is 0 Å². The smallest absolute Gasteiger partial charge is 0.294 e. The molecule has 0 atom stereocenters. The minimum Gasteiger partial charge on any atom is -0.488 e. The van der Waals surface area contributed by atoms with Crippen molar-refractivity contribution < 1.29 is 19.1 Å². The summed E-state index contributed by atoms with van der Waals surface area (Å²) in [5, 5.41) is 2.83. The lowest BCUT2D eigenvalue weighted by Crippen LogP contribution is -2.36. The number of hydrogen-bond acceptors (Lipinski definition) is 5. The van der Waals surface area contributed by atoms with E-state index in [2.05, 4.69) is 21.2 Å². The molecule has 1 aliphatic heterocycles. The van der Waals surface area contributed by atoms with Gasteiger partial charge in [-0.05, 0) is 60.7 Å². The van der Waals surface area contributed by atoms with Crippen LogP contribution >= 0.6 is 39.3 Å². The summed E-state index contributed by atoms with van der Waals surface area (Å²) in [7, 11) is 0. The van der Waals surface area contributed by atoms with Crippen LogP contribution in [0, 0.1) is 6.92 Å². The molecule has 9 heteroatoms. The molecule has 178 valence electrons. The minimum absolute atomic E-state index is 0.208. The fourth-order valence-corrected chi connectivity index (χ4v) is 4.76. The molecule has 1 heterocycles. The summed E-state index contributed by atoms with van der Waals surface area (Å²) < 4.78 is 6.75. The fourth-order valence-electron chi connectivity index (χ4n) is 3.36. The van der Waals surface area contributed by atoms with E-state index in [1.54, 1.807) is 36.4 Å². The van der Waals surface area contributed by atoms with Crippen molar-refractivity contribution in [2.24, 2.45) is 0 Å². The summed E-state index contributed by atoms with van der Waals surface area (Å²) in [6.45, 7) is 1.73. The monoisotopic (exact) mass is 570 g/mol. The van der Waals surface area contributed by atoms with Gasteiger partial charge in [0.05, 0.1) is 4.91 Å². The topological polar surface area (TPSA) is 75.7 Å². The number of hydrogen-bond donors (Lipinski definition) is 1. The molecule has 0 aromatic heterocycles. The van der Waals surface area contributed by atoms with Crippen molar-refractivity contribution in [2.45, 2.75) is 13.5 Å². The molecule has 35 heavy (non-hydrogen) atoms. The number of nitrogens with zero attached hydrogens (tertiary/aromatic N) is 1. The Morgan fingerprint density at radius 2 is 1.86 bits per heavy atom. The van der Waals surface area contributed by atoms with Gasteiger partial charge in [-0.3, -0.25) is 19.3 Å². The van der Waals surface area contributed by atoms with Gasteiger partial charge in [-0.25, -0.2) is 0 Å². The Bertz CT molecular complexity index is 1340. The second kappa shape index (κ2) is 11.1. The average molecular weight is 572 g/mol. The molecular weight excluding hydrogens is 552 g/mol. The van der Waals surface area contributed by atoms with Crippen molar-refractivity contribution in [3.8, 4) is 5.75 Å². The number of imide groups is 1. The molecule has 6 nitrogen and oxygen atoms in total. The minimum atomic E-state index is -0.531. The van der Waals surface area contributed by atoms with E-state index in [0.29, 0.717) is 22.0 Å². The number of carbonyl (C=O) groups is 3. The molecular formula is C26H20BrClN2O4S. The first kappa shape index (κ1) is 25.0. The Morgan fingerprint density at radius 3 is 2.63 bits per heavy atom. The van der Waals surface area contributed by atoms with E-state index in [1.807, 2.05) is 43.3 Å². The number of ether oxygens (including phenoxy) is 1. The van der Waals surface area contributed by atoms with Gasteiger partial charge in [-0.1, -0.05) is 63.9 Å². The number of aryl methyl sites for hydroxylation is 1. The third kappa shape index (κ3) is 6.14. The maximum absolute atomic E-state index is 13.0. The summed E-state index contributed by atoms with van der Waals surface area (Å²) >= 11 is 10.4. The van der Waals surface area contributed by atoms with Crippen LogP contribution in [0.3, 0.4) is 0 Å². The van der Waals surface area contributed by atoms with E-state index in [-0.39, 0.29) is 18.1 Å². The summed E-state index contributed by atoms with van der Waals surface area (Å²) in [5.74, 6) is -0.455. The molecule has 4 rings (SSSR count). The Balaban J connectivity index is 1.50. The molecule has 0 saturated carbocycles. The molecule has 3 aromatic rings. The van der Waals surface area contributed by atoms with Crippen LogP contribution in [0.1, 0.15) is 16.7 Å². The highest BCUT2D eigenvalue weighted by molar-refractivity contribution is 9.10.